The van der Waals surface area contributed by atoms with E-state index >= 15 is 0 Å². The number of esters is 1. The third-order valence-corrected chi connectivity index (χ3v) is 1.82. The Hall–Kier alpha value is -0.610. The standard InChI is InChI=1S/C8H18N2O2/c1-7(10(2)3)5-9-6-8(11)12-4/h7,9H,5-6H2,1-4H3. The van der Waals surface area contributed by atoms with E-state index in [2.05, 4.69) is 21.9 Å². The summed E-state index contributed by atoms with van der Waals surface area (Å²) < 4.78 is 4.48. The molecule has 0 heterocycles. The fourth-order valence-electron chi connectivity index (χ4n) is 0.638. The van der Waals surface area contributed by atoms with Gasteiger partial charge in [-0.1, -0.05) is 0 Å². The molecule has 4 heteroatoms. The second-order valence-corrected chi connectivity index (χ2v) is 3.02. The van der Waals surface area contributed by atoms with Gasteiger partial charge in [0, 0.05) is 12.6 Å². The van der Waals surface area contributed by atoms with Gasteiger partial charge in [-0.05, 0) is 21.0 Å². The SMILES string of the molecule is COC(=O)CNCC(C)N(C)C. The topological polar surface area (TPSA) is 41.6 Å². The van der Waals surface area contributed by atoms with Crippen LogP contribution in [0.25, 0.3) is 0 Å². The predicted octanol–water partition coefficient (Wildman–Crippen LogP) is -0.301. The molecule has 4 nitrogen and oxygen atoms in total. The first-order valence-electron chi connectivity index (χ1n) is 4.02. The van der Waals surface area contributed by atoms with Gasteiger partial charge >= 0.3 is 5.97 Å². The van der Waals surface area contributed by atoms with E-state index in [4.69, 9.17) is 0 Å². The number of hydrogen-bond donors (Lipinski definition) is 1. The predicted molar refractivity (Wildman–Crippen MR) is 48.0 cm³/mol. The van der Waals surface area contributed by atoms with Crippen LogP contribution in [-0.4, -0.2) is 51.2 Å². The molecule has 1 atom stereocenters. The molecule has 0 bridgehead atoms. The minimum absolute atomic E-state index is 0.221. The summed E-state index contributed by atoms with van der Waals surface area (Å²) in [4.78, 5) is 12.8. The average molecular weight is 174 g/mol. The maximum atomic E-state index is 10.7. The summed E-state index contributed by atoms with van der Waals surface area (Å²) in [5, 5.41) is 3.00. The van der Waals surface area contributed by atoms with Gasteiger partial charge in [0.05, 0.1) is 13.7 Å². The minimum Gasteiger partial charge on any atom is -0.468 e. The minimum atomic E-state index is -0.221. The number of nitrogens with zero attached hydrogens (tertiary/aromatic N) is 1. The van der Waals surface area contributed by atoms with E-state index < -0.39 is 0 Å². The van der Waals surface area contributed by atoms with Crippen molar-refractivity contribution >= 4 is 5.97 Å². The number of likely N-dealkylation sites (N-methyl/N-ethyl adjacent to an activating group) is 1. The van der Waals surface area contributed by atoms with Crippen molar-refractivity contribution in [3.05, 3.63) is 0 Å². The average Bonchev–Trinajstić information content (AvgIpc) is 2.03. The van der Waals surface area contributed by atoms with Gasteiger partial charge in [0.1, 0.15) is 0 Å². The Morgan fingerprint density at radius 2 is 2.17 bits per heavy atom. The van der Waals surface area contributed by atoms with E-state index in [1.165, 1.54) is 7.11 Å². The Bertz CT molecular complexity index is 137. The van der Waals surface area contributed by atoms with Crippen LogP contribution in [0.15, 0.2) is 0 Å². The second-order valence-electron chi connectivity index (χ2n) is 3.02. The van der Waals surface area contributed by atoms with Crippen molar-refractivity contribution in [2.24, 2.45) is 0 Å². The van der Waals surface area contributed by atoms with Crippen molar-refractivity contribution in [3.63, 3.8) is 0 Å². The molecule has 0 aliphatic carbocycles. The molecule has 0 saturated heterocycles. The highest BCUT2D eigenvalue weighted by Crippen LogP contribution is 1.87. The molecule has 1 N–H and O–H groups in total. The Labute approximate surface area is 73.9 Å². The summed E-state index contributed by atoms with van der Waals surface area (Å²) in [5.74, 6) is -0.221. The van der Waals surface area contributed by atoms with Gasteiger partial charge in [-0.25, -0.2) is 0 Å². The van der Waals surface area contributed by atoms with Crippen LogP contribution in [0.5, 0.6) is 0 Å². The van der Waals surface area contributed by atoms with E-state index in [0.29, 0.717) is 6.04 Å². The molecule has 0 aromatic carbocycles. The van der Waals surface area contributed by atoms with E-state index in [0.717, 1.165) is 6.54 Å². The maximum Gasteiger partial charge on any atom is 0.319 e. The van der Waals surface area contributed by atoms with E-state index in [-0.39, 0.29) is 12.5 Å². The number of carbonyl (C=O) groups excluding carboxylic acids is 1. The van der Waals surface area contributed by atoms with Crippen molar-refractivity contribution in [3.8, 4) is 0 Å². The number of ether oxygens (including phenoxy) is 1. The van der Waals surface area contributed by atoms with Gasteiger partial charge in [0.15, 0.2) is 0 Å². The molecule has 0 aliphatic heterocycles. The number of hydrogen-bond acceptors (Lipinski definition) is 4. The first kappa shape index (κ1) is 11.4. The number of methoxy groups -OCH3 is 1. The quantitative estimate of drug-likeness (QED) is 0.581. The second kappa shape index (κ2) is 5.97. The molecule has 0 fully saturated rings. The highest BCUT2D eigenvalue weighted by atomic mass is 16.5. The highest BCUT2D eigenvalue weighted by Gasteiger charge is 2.04. The lowest BCUT2D eigenvalue weighted by Crippen LogP contribution is -2.37. The van der Waals surface area contributed by atoms with Crippen LogP contribution in [0.1, 0.15) is 6.92 Å². The largest absolute Gasteiger partial charge is 0.468 e. The molecule has 1 unspecified atom stereocenters. The van der Waals surface area contributed by atoms with Crippen molar-refractivity contribution in [1.82, 2.24) is 10.2 Å². The van der Waals surface area contributed by atoms with E-state index in [1.807, 2.05) is 14.1 Å². The first-order chi connectivity index (χ1) is 5.57. The number of nitrogens with one attached hydrogen (secondary N) is 1. The molecule has 72 valence electrons. The normalized spacial score (nSPS) is 13.1. The molecule has 0 aliphatic rings. The zero-order valence-electron chi connectivity index (χ0n) is 8.26. The molecule has 0 radical (unpaired) electrons. The molecular formula is C8H18N2O2. The summed E-state index contributed by atoms with van der Waals surface area (Å²) in [6.45, 7) is 3.17. The first-order valence-corrected chi connectivity index (χ1v) is 4.02. The van der Waals surface area contributed by atoms with Gasteiger partial charge in [-0.2, -0.15) is 0 Å². The van der Waals surface area contributed by atoms with Crippen LogP contribution >= 0.6 is 0 Å². The lowest BCUT2D eigenvalue weighted by Gasteiger charge is -2.19. The summed E-state index contributed by atoms with van der Waals surface area (Å²) in [6.07, 6.45) is 0. The van der Waals surface area contributed by atoms with Gasteiger partial charge in [0.2, 0.25) is 0 Å². The number of rotatable bonds is 5. The molecule has 0 aromatic rings. The summed E-state index contributed by atoms with van der Waals surface area (Å²) in [5.41, 5.74) is 0. The lowest BCUT2D eigenvalue weighted by atomic mass is 10.3. The number of carbonyl (C=O) groups is 1. The van der Waals surface area contributed by atoms with Crippen molar-refractivity contribution in [2.75, 3.05) is 34.3 Å². The Balaban J connectivity index is 3.37. The van der Waals surface area contributed by atoms with Crippen molar-refractivity contribution < 1.29 is 9.53 Å². The summed E-state index contributed by atoms with van der Waals surface area (Å²) in [6, 6.07) is 0.426. The molecule has 0 rings (SSSR count). The smallest absolute Gasteiger partial charge is 0.319 e. The Morgan fingerprint density at radius 1 is 1.58 bits per heavy atom. The third kappa shape index (κ3) is 5.09. The van der Waals surface area contributed by atoms with E-state index in [9.17, 15) is 4.79 Å². The van der Waals surface area contributed by atoms with Crippen molar-refractivity contribution in [1.29, 1.82) is 0 Å². The fraction of sp³-hybridized carbons (Fsp3) is 0.875. The summed E-state index contributed by atoms with van der Waals surface area (Å²) >= 11 is 0. The lowest BCUT2D eigenvalue weighted by molar-refractivity contribution is -0.139. The van der Waals surface area contributed by atoms with Crippen LogP contribution in [0, 0.1) is 0 Å². The molecule has 0 amide bonds. The zero-order valence-corrected chi connectivity index (χ0v) is 8.26. The van der Waals surface area contributed by atoms with Crippen LogP contribution in [0.2, 0.25) is 0 Å². The molecular weight excluding hydrogens is 156 g/mol. The van der Waals surface area contributed by atoms with Crippen molar-refractivity contribution in [2.45, 2.75) is 13.0 Å². The van der Waals surface area contributed by atoms with Crippen LogP contribution in [-0.2, 0) is 9.53 Å². The Kier molecular flexibility index (Phi) is 5.66. The van der Waals surface area contributed by atoms with E-state index in [1.54, 1.807) is 0 Å². The fourth-order valence-corrected chi connectivity index (χ4v) is 0.638. The molecule has 0 saturated carbocycles. The van der Waals surface area contributed by atoms with Gasteiger partial charge in [-0.15, -0.1) is 0 Å². The molecule has 12 heavy (non-hydrogen) atoms. The Morgan fingerprint density at radius 3 is 2.58 bits per heavy atom. The van der Waals surface area contributed by atoms with Gasteiger partial charge in [-0.3, -0.25) is 4.79 Å². The highest BCUT2D eigenvalue weighted by molar-refractivity contribution is 5.71. The van der Waals surface area contributed by atoms with Gasteiger partial charge in [0.25, 0.3) is 0 Å². The van der Waals surface area contributed by atoms with Crippen LogP contribution in [0.4, 0.5) is 0 Å². The van der Waals surface area contributed by atoms with Crippen LogP contribution < -0.4 is 5.32 Å². The molecule has 0 spiro atoms. The maximum absolute atomic E-state index is 10.7. The molecule has 0 aromatic heterocycles. The third-order valence-electron chi connectivity index (χ3n) is 1.82. The summed E-state index contributed by atoms with van der Waals surface area (Å²) in [7, 11) is 5.40. The van der Waals surface area contributed by atoms with Crippen LogP contribution in [0.3, 0.4) is 0 Å². The van der Waals surface area contributed by atoms with Gasteiger partial charge < -0.3 is 15.0 Å². The monoisotopic (exact) mass is 174 g/mol. The zero-order chi connectivity index (χ0) is 9.56.